The van der Waals surface area contributed by atoms with Crippen LogP contribution in [0, 0.1) is 5.92 Å². The zero-order valence-electron chi connectivity index (χ0n) is 9.19. The molecule has 17 heavy (non-hydrogen) atoms. The molecule has 1 aliphatic rings. The molecular formula is C12H13BrO3S. The van der Waals surface area contributed by atoms with Crippen molar-refractivity contribution in [2.45, 2.75) is 17.7 Å². The minimum Gasteiger partial charge on any atom is -0.478 e. The minimum atomic E-state index is -0.918. The summed E-state index contributed by atoms with van der Waals surface area (Å²) in [6.07, 6.45) is 2.57. The van der Waals surface area contributed by atoms with Crippen molar-refractivity contribution in [3.63, 3.8) is 0 Å². The van der Waals surface area contributed by atoms with Gasteiger partial charge in [0.15, 0.2) is 0 Å². The number of hydrogen-bond acceptors (Lipinski definition) is 3. The van der Waals surface area contributed by atoms with Gasteiger partial charge in [0.25, 0.3) is 0 Å². The minimum absolute atomic E-state index is 0.289. The van der Waals surface area contributed by atoms with E-state index in [4.69, 9.17) is 9.84 Å². The van der Waals surface area contributed by atoms with Crippen LogP contribution in [0.15, 0.2) is 27.6 Å². The maximum Gasteiger partial charge on any atom is 0.336 e. The molecule has 1 saturated carbocycles. The summed E-state index contributed by atoms with van der Waals surface area (Å²) in [6, 6.07) is 5.31. The standard InChI is InChI=1S/C12H13BrO3S/c13-11-4-3-9(5-10(11)12(14)15)17-7-16-6-8-1-2-8/h3-5,8H,1-2,6-7H2,(H,14,15). The number of halogens is 1. The first-order valence-electron chi connectivity index (χ1n) is 5.40. The molecule has 0 unspecified atom stereocenters. The Morgan fingerprint density at radius 1 is 1.53 bits per heavy atom. The maximum absolute atomic E-state index is 10.9. The Labute approximate surface area is 113 Å². The van der Waals surface area contributed by atoms with Crippen LogP contribution < -0.4 is 0 Å². The molecule has 0 heterocycles. The van der Waals surface area contributed by atoms with E-state index in [0.29, 0.717) is 10.4 Å². The molecule has 0 amide bonds. The average Bonchev–Trinajstić information content (AvgIpc) is 3.10. The molecule has 5 heteroatoms. The topological polar surface area (TPSA) is 46.5 Å². The lowest BCUT2D eigenvalue weighted by Gasteiger charge is -2.05. The van der Waals surface area contributed by atoms with Crippen LogP contribution in [0.4, 0.5) is 0 Å². The second-order valence-corrected chi connectivity index (χ2v) is 5.87. The molecule has 1 N–H and O–H groups in total. The lowest BCUT2D eigenvalue weighted by Crippen LogP contribution is -1.98. The van der Waals surface area contributed by atoms with E-state index in [0.717, 1.165) is 17.4 Å². The average molecular weight is 317 g/mol. The number of ether oxygens (including phenoxy) is 1. The second kappa shape index (κ2) is 5.89. The zero-order chi connectivity index (χ0) is 12.3. The van der Waals surface area contributed by atoms with E-state index in [9.17, 15) is 4.79 Å². The molecule has 2 rings (SSSR count). The number of thioether (sulfide) groups is 1. The highest BCUT2D eigenvalue weighted by Crippen LogP contribution is 2.30. The van der Waals surface area contributed by atoms with Gasteiger partial charge in [-0.25, -0.2) is 4.79 Å². The van der Waals surface area contributed by atoms with Crippen molar-refractivity contribution in [2.24, 2.45) is 5.92 Å². The molecule has 92 valence electrons. The van der Waals surface area contributed by atoms with Gasteiger partial charge in [0.1, 0.15) is 0 Å². The van der Waals surface area contributed by atoms with Crippen molar-refractivity contribution in [1.29, 1.82) is 0 Å². The maximum atomic E-state index is 10.9. The molecule has 1 aromatic carbocycles. The Morgan fingerprint density at radius 2 is 2.29 bits per heavy atom. The number of rotatable bonds is 6. The Kier molecular flexibility index (Phi) is 4.48. The molecule has 0 atom stereocenters. The van der Waals surface area contributed by atoms with Gasteiger partial charge >= 0.3 is 5.97 Å². The summed E-state index contributed by atoms with van der Waals surface area (Å²) in [6.45, 7) is 0.829. The summed E-state index contributed by atoms with van der Waals surface area (Å²) in [5.41, 5.74) is 0.289. The van der Waals surface area contributed by atoms with Gasteiger partial charge in [-0.05, 0) is 52.9 Å². The van der Waals surface area contributed by atoms with E-state index in [1.807, 2.05) is 6.07 Å². The smallest absolute Gasteiger partial charge is 0.336 e. The van der Waals surface area contributed by atoms with Crippen LogP contribution in [0.3, 0.4) is 0 Å². The highest BCUT2D eigenvalue weighted by atomic mass is 79.9. The van der Waals surface area contributed by atoms with Gasteiger partial charge in [0.2, 0.25) is 0 Å². The molecule has 0 radical (unpaired) electrons. The van der Waals surface area contributed by atoms with Gasteiger partial charge in [-0.2, -0.15) is 0 Å². The molecule has 0 spiro atoms. The van der Waals surface area contributed by atoms with E-state index < -0.39 is 5.97 Å². The number of aromatic carboxylic acids is 1. The fourth-order valence-electron chi connectivity index (χ4n) is 1.37. The third-order valence-electron chi connectivity index (χ3n) is 2.53. The van der Waals surface area contributed by atoms with E-state index >= 15 is 0 Å². The van der Waals surface area contributed by atoms with E-state index in [1.165, 1.54) is 24.6 Å². The number of carboxylic acid groups (broad SMARTS) is 1. The van der Waals surface area contributed by atoms with Gasteiger partial charge in [0, 0.05) is 9.37 Å². The third kappa shape index (κ3) is 4.01. The number of carbonyl (C=O) groups is 1. The van der Waals surface area contributed by atoms with E-state index in [-0.39, 0.29) is 5.56 Å². The highest BCUT2D eigenvalue weighted by molar-refractivity contribution is 9.10. The fraction of sp³-hybridized carbons (Fsp3) is 0.417. The molecule has 0 bridgehead atoms. The van der Waals surface area contributed by atoms with Crippen molar-refractivity contribution in [2.75, 3.05) is 12.5 Å². The predicted octanol–water partition coefficient (Wildman–Crippen LogP) is 3.62. The number of carboxylic acids is 1. The molecule has 3 nitrogen and oxygen atoms in total. The largest absolute Gasteiger partial charge is 0.478 e. The van der Waals surface area contributed by atoms with Crippen LogP contribution in [0.2, 0.25) is 0 Å². The van der Waals surface area contributed by atoms with E-state index in [2.05, 4.69) is 15.9 Å². The monoisotopic (exact) mass is 316 g/mol. The molecule has 1 aliphatic carbocycles. The molecule has 0 saturated heterocycles. The van der Waals surface area contributed by atoms with Crippen molar-refractivity contribution >= 4 is 33.7 Å². The van der Waals surface area contributed by atoms with Crippen LogP contribution >= 0.6 is 27.7 Å². The summed E-state index contributed by atoms with van der Waals surface area (Å²) >= 11 is 4.74. The van der Waals surface area contributed by atoms with Crippen LogP contribution in [0.5, 0.6) is 0 Å². The SMILES string of the molecule is O=C(O)c1cc(SCOCC2CC2)ccc1Br. The Balaban J connectivity index is 1.86. The van der Waals surface area contributed by atoms with Crippen LogP contribution in [0.25, 0.3) is 0 Å². The predicted molar refractivity (Wildman–Crippen MR) is 70.5 cm³/mol. The first-order valence-corrected chi connectivity index (χ1v) is 7.18. The fourth-order valence-corrected chi connectivity index (χ4v) is 2.46. The van der Waals surface area contributed by atoms with Crippen molar-refractivity contribution in [3.8, 4) is 0 Å². The summed E-state index contributed by atoms with van der Waals surface area (Å²) in [5.74, 6) is 0.422. The number of hydrogen-bond donors (Lipinski definition) is 1. The Hall–Kier alpha value is -0.520. The summed E-state index contributed by atoms with van der Waals surface area (Å²) in [4.78, 5) is 11.8. The van der Waals surface area contributed by atoms with Gasteiger partial charge in [-0.1, -0.05) is 11.8 Å². The van der Waals surface area contributed by atoms with Gasteiger partial charge in [0.05, 0.1) is 18.1 Å². The first kappa shape index (κ1) is 12.9. The van der Waals surface area contributed by atoms with Crippen molar-refractivity contribution < 1.29 is 14.6 Å². The summed E-state index contributed by atoms with van der Waals surface area (Å²) < 4.78 is 6.10. The van der Waals surface area contributed by atoms with E-state index in [1.54, 1.807) is 12.1 Å². The zero-order valence-corrected chi connectivity index (χ0v) is 11.6. The normalized spacial score (nSPS) is 14.9. The summed E-state index contributed by atoms with van der Waals surface area (Å²) in [5, 5.41) is 8.97. The lowest BCUT2D eigenvalue weighted by molar-refractivity contribution is 0.0695. The molecule has 1 fully saturated rings. The van der Waals surface area contributed by atoms with Crippen LogP contribution in [-0.4, -0.2) is 23.6 Å². The van der Waals surface area contributed by atoms with Crippen LogP contribution in [-0.2, 0) is 4.74 Å². The van der Waals surface area contributed by atoms with Gasteiger partial charge < -0.3 is 9.84 Å². The first-order chi connectivity index (χ1) is 8.16. The quantitative estimate of drug-likeness (QED) is 0.494. The van der Waals surface area contributed by atoms with Crippen LogP contribution in [0.1, 0.15) is 23.2 Å². The van der Waals surface area contributed by atoms with Crippen molar-refractivity contribution in [1.82, 2.24) is 0 Å². The Morgan fingerprint density at radius 3 is 2.94 bits per heavy atom. The highest BCUT2D eigenvalue weighted by Gasteiger charge is 2.21. The summed E-state index contributed by atoms with van der Waals surface area (Å²) in [7, 11) is 0. The molecule has 0 aromatic heterocycles. The van der Waals surface area contributed by atoms with Gasteiger partial charge in [-0.15, -0.1) is 0 Å². The molecular weight excluding hydrogens is 304 g/mol. The molecule has 0 aliphatic heterocycles. The second-order valence-electron chi connectivity index (χ2n) is 4.02. The van der Waals surface area contributed by atoms with Crippen molar-refractivity contribution in [3.05, 3.63) is 28.2 Å². The number of benzene rings is 1. The molecule has 1 aromatic rings. The van der Waals surface area contributed by atoms with Gasteiger partial charge in [-0.3, -0.25) is 0 Å². The Bertz CT molecular complexity index is 418. The lowest BCUT2D eigenvalue weighted by atomic mass is 10.2. The third-order valence-corrected chi connectivity index (χ3v) is 4.09.